The van der Waals surface area contributed by atoms with E-state index < -0.39 is 0 Å². The fourth-order valence-electron chi connectivity index (χ4n) is 4.36. The molecule has 6 nitrogen and oxygen atoms in total. The molecule has 0 amide bonds. The van der Waals surface area contributed by atoms with Crippen LogP contribution in [0, 0.1) is 5.92 Å². The molecule has 6 heteroatoms. The second-order valence-electron chi connectivity index (χ2n) is 8.35. The van der Waals surface area contributed by atoms with Crippen LogP contribution in [-0.4, -0.2) is 33.0 Å². The Balaban J connectivity index is 1.51. The quantitative estimate of drug-likeness (QED) is 0.444. The molecule has 0 radical (unpaired) electrons. The Morgan fingerprint density at radius 1 is 1.00 bits per heavy atom. The van der Waals surface area contributed by atoms with Crippen LogP contribution >= 0.6 is 0 Å². The second kappa shape index (κ2) is 8.96. The summed E-state index contributed by atoms with van der Waals surface area (Å²) < 4.78 is 0. The summed E-state index contributed by atoms with van der Waals surface area (Å²) in [6, 6.07) is 14.5. The van der Waals surface area contributed by atoms with Gasteiger partial charge in [0.1, 0.15) is 0 Å². The van der Waals surface area contributed by atoms with Gasteiger partial charge in [-0.05, 0) is 62.4 Å². The number of aryl methyl sites for hydroxylation is 1. The van der Waals surface area contributed by atoms with Crippen molar-refractivity contribution in [1.82, 2.24) is 25.3 Å². The molecule has 1 fully saturated rings. The molecular weight excluding hydrogens is 384 g/mol. The zero-order valence-corrected chi connectivity index (χ0v) is 17.6. The van der Waals surface area contributed by atoms with Gasteiger partial charge in [0.05, 0.1) is 34.4 Å². The van der Waals surface area contributed by atoms with E-state index in [1.807, 2.05) is 12.3 Å². The monoisotopic (exact) mass is 412 g/mol. The molecule has 0 spiro atoms. The number of aromatic nitrogens is 4. The molecule has 4 aromatic rings. The van der Waals surface area contributed by atoms with Gasteiger partial charge in [-0.25, -0.2) is 9.97 Å². The van der Waals surface area contributed by atoms with Gasteiger partial charge < -0.3 is 16.0 Å². The Bertz CT molecular complexity index is 1160. The summed E-state index contributed by atoms with van der Waals surface area (Å²) >= 11 is 0. The van der Waals surface area contributed by atoms with Gasteiger partial charge in [-0.15, -0.1) is 0 Å². The molecule has 1 aliphatic rings. The highest BCUT2D eigenvalue weighted by Gasteiger charge is 2.16. The highest BCUT2D eigenvalue weighted by atomic mass is 14.9. The molecule has 0 aliphatic carbocycles. The SMILES string of the molecule is NCc1ccc(-c2ncc(CCC3CCCNC3)nc2-c2ccc3nc[nH]c3c2)cc1. The van der Waals surface area contributed by atoms with Crippen LogP contribution in [0.2, 0.25) is 0 Å². The van der Waals surface area contributed by atoms with Crippen LogP contribution in [0.4, 0.5) is 0 Å². The van der Waals surface area contributed by atoms with Crippen LogP contribution in [0.15, 0.2) is 55.0 Å². The summed E-state index contributed by atoms with van der Waals surface area (Å²) in [5.74, 6) is 0.726. The van der Waals surface area contributed by atoms with E-state index in [0.717, 1.165) is 76.7 Å². The summed E-state index contributed by atoms with van der Waals surface area (Å²) in [5.41, 5.74) is 13.8. The summed E-state index contributed by atoms with van der Waals surface area (Å²) in [5, 5.41) is 3.51. The normalized spacial score (nSPS) is 16.6. The largest absolute Gasteiger partial charge is 0.345 e. The number of aromatic amines is 1. The van der Waals surface area contributed by atoms with Gasteiger partial charge in [0.25, 0.3) is 0 Å². The lowest BCUT2D eigenvalue weighted by molar-refractivity contribution is 0.357. The molecular formula is C25H28N6. The second-order valence-corrected chi connectivity index (χ2v) is 8.35. The first-order valence-electron chi connectivity index (χ1n) is 11.1. The molecule has 5 rings (SSSR count). The number of nitrogens with two attached hydrogens (primary N) is 1. The maximum atomic E-state index is 5.77. The number of imidazole rings is 1. The molecule has 1 saturated heterocycles. The van der Waals surface area contributed by atoms with Crippen LogP contribution in [0.3, 0.4) is 0 Å². The van der Waals surface area contributed by atoms with Crippen molar-refractivity contribution < 1.29 is 0 Å². The smallest absolute Gasteiger partial charge is 0.0969 e. The van der Waals surface area contributed by atoms with E-state index in [1.54, 1.807) is 6.33 Å². The molecule has 1 aliphatic heterocycles. The van der Waals surface area contributed by atoms with E-state index in [9.17, 15) is 0 Å². The molecule has 0 bridgehead atoms. The first-order valence-corrected chi connectivity index (χ1v) is 11.1. The lowest BCUT2D eigenvalue weighted by atomic mass is 9.94. The van der Waals surface area contributed by atoms with E-state index in [4.69, 9.17) is 15.7 Å². The topological polar surface area (TPSA) is 92.5 Å². The van der Waals surface area contributed by atoms with Crippen molar-refractivity contribution >= 4 is 11.0 Å². The average Bonchev–Trinajstić information content (AvgIpc) is 3.31. The van der Waals surface area contributed by atoms with Crippen LogP contribution in [-0.2, 0) is 13.0 Å². The molecule has 1 unspecified atom stereocenters. The summed E-state index contributed by atoms with van der Waals surface area (Å²) in [7, 11) is 0. The molecule has 31 heavy (non-hydrogen) atoms. The lowest BCUT2D eigenvalue weighted by Crippen LogP contribution is -2.30. The minimum Gasteiger partial charge on any atom is -0.345 e. The standard InChI is InChI=1S/C25H28N6/c26-13-17-3-6-19(7-4-17)24-25(20-8-10-22-23(12-20)30-16-29-22)31-21(15-28-24)9-5-18-2-1-11-27-14-18/h3-4,6-8,10,12,15-16,18,27H,1-2,5,9,11,13-14,26H2,(H,29,30). The average molecular weight is 413 g/mol. The number of nitrogens with zero attached hydrogens (tertiary/aromatic N) is 3. The number of hydrogen-bond donors (Lipinski definition) is 3. The minimum atomic E-state index is 0.532. The number of nitrogens with one attached hydrogen (secondary N) is 2. The molecule has 1 atom stereocenters. The first-order chi connectivity index (χ1) is 15.3. The number of benzene rings is 2. The van der Waals surface area contributed by atoms with E-state index in [1.165, 1.54) is 12.8 Å². The Hall–Kier alpha value is -3.09. The van der Waals surface area contributed by atoms with Gasteiger partial charge in [-0.3, -0.25) is 4.98 Å². The summed E-state index contributed by atoms with van der Waals surface area (Å²) in [4.78, 5) is 17.5. The summed E-state index contributed by atoms with van der Waals surface area (Å²) in [6.45, 7) is 2.79. The van der Waals surface area contributed by atoms with Crippen molar-refractivity contribution in [3.63, 3.8) is 0 Å². The van der Waals surface area contributed by atoms with Crippen LogP contribution < -0.4 is 11.1 Å². The Morgan fingerprint density at radius 3 is 2.68 bits per heavy atom. The van der Waals surface area contributed by atoms with Gasteiger partial charge in [-0.1, -0.05) is 30.3 Å². The number of piperidine rings is 1. The van der Waals surface area contributed by atoms with E-state index in [0.29, 0.717) is 6.54 Å². The van der Waals surface area contributed by atoms with E-state index in [-0.39, 0.29) is 0 Å². The van der Waals surface area contributed by atoms with Crippen molar-refractivity contribution in [2.45, 2.75) is 32.2 Å². The maximum Gasteiger partial charge on any atom is 0.0969 e. The van der Waals surface area contributed by atoms with Crippen molar-refractivity contribution in [2.24, 2.45) is 11.7 Å². The Labute approximate surface area is 182 Å². The third-order valence-electron chi connectivity index (χ3n) is 6.19. The number of fused-ring (bicyclic) bond motifs is 1. The predicted molar refractivity (Wildman–Crippen MR) is 124 cm³/mol. The zero-order valence-electron chi connectivity index (χ0n) is 17.6. The molecule has 2 aromatic carbocycles. The summed E-state index contributed by atoms with van der Waals surface area (Å²) in [6.07, 6.45) is 8.33. The molecule has 4 N–H and O–H groups in total. The Kier molecular flexibility index (Phi) is 5.74. The van der Waals surface area contributed by atoms with Crippen molar-refractivity contribution in [2.75, 3.05) is 13.1 Å². The number of rotatable bonds is 6. The van der Waals surface area contributed by atoms with E-state index in [2.05, 4.69) is 51.7 Å². The van der Waals surface area contributed by atoms with Gasteiger partial charge in [0.2, 0.25) is 0 Å². The van der Waals surface area contributed by atoms with Crippen LogP contribution in [0.5, 0.6) is 0 Å². The third kappa shape index (κ3) is 4.36. The number of H-pyrrole nitrogens is 1. The molecule has 0 saturated carbocycles. The lowest BCUT2D eigenvalue weighted by Gasteiger charge is -2.22. The van der Waals surface area contributed by atoms with Crippen LogP contribution in [0.25, 0.3) is 33.5 Å². The molecule has 3 heterocycles. The highest BCUT2D eigenvalue weighted by Crippen LogP contribution is 2.31. The number of hydrogen-bond acceptors (Lipinski definition) is 5. The zero-order chi connectivity index (χ0) is 21.0. The van der Waals surface area contributed by atoms with Crippen LogP contribution in [0.1, 0.15) is 30.5 Å². The van der Waals surface area contributed by atoms with E-state index >= 15 is 0 Å². The minimum absolute atomic E-state index is 0.532. The third-order valence-corrected chi connectivity index (χ3v) is 6.19. The Morgan fingerprint density at radius 2 is 1.87 bits per heavy atom. The van der Waals surface area contributed by atoms with Crippen molar-refractivity contribution in [3.05, 3.63) is 66.2 Å². The first kappa shape index (κ1) is 19.8. The predicted octanol–water partition coefficient (Wildman–Crippen LogP) is 4.08. The van der Waals surface area contributed by atoms with Gasteiger partial charge in [-0.2, -0.15) is 0 Å². The fraction of sp³-hybridized carbons (Fsp3) is 0.320. The van der Waals surface area contributed by atoms with Gasteiger partial charge in [0, 0.05) is 23.9 Å². The van der Waals surface area contributed by atoms with Gasteiger partial charge >= 0.3 is 0 Å². The maximum absolute atomic E-state index is 5.77. The van der Waals surface area contributed by atoms with Crippen molar-refractivity contribution in [1.29, 1.82) is 0 Å². The van der Waals surface area contributed by atoms with Crippen molar-refractivity contribution in [3.8, 4) is 22.5 Å². The molecule has 158 valence electrons. The fourth-order valence-corrected chi connectivity index (χ4v) is 4.36. The van der Waals surface area contributed by atoms with Gasteiger partial charge in [0.15, 0.2) is 0 Å². The highest BCUT2D eigenvalue weighted by molar-refractivity contribution is 5.85. The molecule has 2 aromatic heterocycles.